The number of aryl methyl sites for hydroxylation is 1. The molecule has 1 heterocycles. The van der Waals surface area contributed by atoms with Crippen molar-refractivity contribution in [1.29, 1.82) is 0 Å². The first kappa shape index (κ1) is 19.2. The molecule has 1 amide bonds. The molecule has 3 aromatic rings. The second-order valence-electron chi connectivity index (χ2n) is 5.61. The molecule has 0 bridgehead atoms. The van der Waals surface area contributed by atoms with Gasteiger partial charge in [0.2, 0.25) is 5.82 Å². The molecule has 2 N–H and O–H groups in total. The van der Waals surface area contributed by atoms with Crippen LogP contribution in [-0.2, 0) is 0 Å². The van der Waals surface area contributed by atoms with Gasteiger partial charge >= 0.3 is 5.69 Å². The van der Waals surface area contributed by atoms with Crippen molar-refractivity contribution in [2.75, 3.05) is 5.43 Å². The Labute approximate surface area is 163 Å². The fraction of sp³-hybridized carbons (Fsp3) is 0.0556. The van der Waals surface area contributed by atoms with Crippen molar-refractivity contribution in [2.45, 2.75) is 16.8 Å². The molecule has 3 rings (SSSR count). The lowest BCUT2D eigenvalue weighted by atomic mass is 10.2. The monoisotopic (exact) mass is 399 g/mol. The molecule has 0 radical (unpaired) electrons. The van der Waals surface area contributed by atoms with E-state index >= 15 is 0 Å². The molecule has 0 aliphatic heterocycles. The lowest BCUT2D eigenvalue weighted by molar-refractivity contribution is -0.387. The van der Waals surface area contributed by atoms with Gasteiger partial charge in [-0.05, 0) is 31.2 Å². The summed E-state index contributed by atoms with van der Waals surface area (Å²) in [6.07, 6.45) is 1.14. The van der Waals surface area contributed by atoms with Crippen molar-refractivity contribution in [3.8, 4) is 0 Å². The Morgan fingerprint density at radius 1 is 1.14 bits per heavy atom. The summed E-state index contributed by atoms with van der Waals surface area (Å²) in [6.45, 7) is 1.93. The van der Waals surface area contributed by atoms with Crippen molar-refractivity contribution in [3.05, 3.63) is 81.9 Å². The Kier molecular flexibility index (Phi) is 5.80. The third kappa shape index (κ3) is 4.41. The number of carbonyl (C=O) groups excluding carboxylic acids is 1. The van der Waals surface area contributed by atoms with E-state index in [4.69, 9.17) is 0 Å². The smallest absolute Gasteiger partial charge is 0.276 e. The number of hydrogen-bond acceptors (Lipinski definition) is 7. The number of nitro groups is 1. The van der Waals surface area contributed by atoms with E-state index in [2.05, 4.69) is 20.8 Å². The lowest BCUT2D eigenvalue weighted by Gasteiger charge is -2.10. The lowest BCUT2D eigenvalue weighted by Crippen LogP contribution is -2.31. The molecule has 0 saturated carbocycles. The highest BCUT2D eigenvalue weighted by Crippen LogP contribution is 2.36. The van der Waals surface area contributed by atoms with Crippen LogP contribution in [0.25, 0.3) is 0 Å². The Morgan fingerprint density at radius 2 is 1.86 bits per heavy atom. The maximum Gasteiger partial charge on any atom is 0.345 e. The van der Waals surface area contributed by atoms with E-state index in [1.165, 1.54) is 18.2 Å². The minimum absolute atomic E-state index is 0.103. The van der Waals surface area contributed by atoms with Crippen molar-refractivity contribution in [1.82, 2.24) is 15.4 Å². The summed E-state index contributed by atoms with van der Waals surface area (Å²) in [6, 6.07) is 12.8. The van der Waals surface area contributed by atoms with Crippen molar-refractivity contribution >= 4 is 29.2 Å². The van der Waals surface area contributed by atoms with Gasteiger partial charge in [-0.25, -0.2) is 14.4 Å². The largest absolute Gasteiger partial charge is 0.345 e. The predicted octanol–water partition coefficient (Wildman–Crippen LogP) is 3.74. The van der Waals surface area contributed by atoms with Crippen LogP contribution < -0.4 is 10.9 Å². The number of carbonyl (C=O) groups is 1. The maximum atomic E-state index is 13.7. The molecule has 1 aromatic heterocycles. The maximum absolute atomic E-state index is 13.7. The second-order valence-corrected chi connectivity index (χ2v) is 6.67. The molecule has 0 spiro atoms. The Bertz CT molecular complexity index is 1030. The second kappa shape index (κ2) is 8.44. The topological polar surface area (TPSA) is 110 Å². The van der Waals surface area contributed by atoms with Gasteiger partial charge in [0.1, 0.15) is 12.1 Å². The zero-order chi connectivity index (χ0) is 20.1. The average Bonchev–Trinajstić information content (AvgIpc) is 2.68. The van der Waals surface area contributed by atoms with Crippen molar-refractivity contribution in [3.63, 3.8) is 0 Å². The molecule has 0 fully saturated rings. The highest BCUT2D eigenvalue weighted by molar-refractivity contribution is 7.99. The van der Waals surface area contributed by atoms with Gasteiger partial charge in [-0.3, -0.25) is 25.8 Å². The van der Waals surface area contributed by atoms with Crippen LogP contribution in [0.2, 0.25) is 0 Å². The highest BCUT2D eigenvalue weighted by Gasteiger charge is 2.24. The SMILES string of the molecule is Cc1ccc(Sc2ncnc(NNC(=O)c3ccccc3F)c2[N+](=O)[O-])cc1. The summed E-state index contributed by atoms with van der Waals surface area (Å²) in [5, 5.41) is 11.7. The van der Waals surface area contributed by atoms with Crippen LogP contribution in [0.5, 0.6) is 0 Å². The van der Waals surface area contributed by atoms with Crippen LogP contribution in [-0.4, -0.2) is 20.8 Å². The molecule has 0 aliphatic carbocycles. The Hall–Kier alpha value is -3.53. The van der Waals surface area contributed by atoms with Crippen LogP contribution in [0.3, 0.4) is 0 Å². The molecular weight excluding hydrogens is 385 g/mol. The number of halogens is 1. The van der Waals surface area contributed by atoms with Gasteiger partial charge in [-0.15, -0.1) is 0 Å². The molecule has 8 nitrogen and oxygen atoms in total. The van der Waals surface area contributed by atoms with E-state index in [-0.39, 0.29) is 16.4 Å². The molecule has 0 aliphatic rings. The summed E-state index contributed by atoms with van der Waals surface area (Å²) in [7, 11) is 0. The zero-order valence-corrected chi connectivity index (χ0v) is 15.4. The summed E-state index contributed by atoms with van der Waals surface area (Å²) < 4.78 is 13.7. The van der Waals surface area contributed by atoms with E-state index in [0.717, 1.165) is 34.6 Å². The van der Waals surface area contributed by atoms with Crippen LogP contribution in [0.4, 0.5) is 15.9 Å². The molecule has 0 saturated heterocycles. The number of hydrazine groups is 1. The van der Waals surface area contributed by atoms with E-state index in [1.54, 1.807) is 0 Å². The van der Waals surface area contributed by atoms with Gasteiger partial charge in [0.05, 0.1) is 10.5 Å². The highest BCUT2D eigenvalue weighted by atomic mass is 32.2. The average molecular weight is 399 g/mol. The van der Waals surface area contributed by atoms with Gasteiger partial charge < -0.3 is 0 Å². The molecule has 0 atom stereocenters. The number of hydrogen-bond donors (Lipinski definition) is 2. The molecule has 10 heteroatoms. The van der Waals surface area contributed by atoms with Crippen LogP contribution in [0.15, 0.2) is 64.8 Å². The summed E-state index contributed by atoms with van der Waals surface area (Å²) in [5.41, 5.74) is 5.05. The standard InChI is InChI=1S/C18H14FN5O3S/c1-11-6-8-12(9-7-11)28-18-15(24(26)27)16(20-10-21-18)22-23-17(25)13-4-2-3-5-14(13)19/h2-10H,1H3,(H,23,25)(H,20,21,22). The summed E-state index contributed by atoms with van der Waals surface area (Å²) in [5.74, 6) is -1.72. The number of aromatic nitrogens is 2. The number of nitrogens with one attached hydrogen (secondary N) is 2. The number of benzene rings is 2. The first-order chi connectivity index (χ1) is 13.5. The number of nitrogens with zero attached hydrogens (tertiary/aromatic N) is 3. The fourth-order valence-corrected chi connectivity index (χ4v) is 3.10. The summed E-state index contributed by atoms with van der Waals surface area (Å²) >= 11 is 1.09. The van der Waals surface area contributed by atoms with Gasteiger partial charge in [-0.2, -0.15) is 0 Å². The van der Waals surface area contributed by atoms with E-state index in [1.807, 2.05) is 31.2 Å². The first-order valence-electron chi connectivity index (χ1n) is 8.00. The number of rotatable bonds is 6. The molecule has 0 unspecified atom stereocenters. The van der Waals surface area contributed by atoms with E-state index in [9.17, 15) is 19.3 Å². The van der Waals surface area contributed by atoms with Gasteiger partial charge in [-0.1, -0.05) is 41.6 Å². The third-order valence-electron chi connectivity index (χ3n) is 3.62. The molecule has 142 valence electrons. The Balaban J connectivity index is 1.83. The van der Waals surface area contributed by atoms with Gasteiger partial charge in [0.25, 0.3) is 5.91 Å². The minimum atomic E-state index is -0.793. The van der Waals surface area contributed by atoms with E-state index in [0.29, 0.717) is 0 Å². The van der Waals surface area contributed by atoms with Crippen LogP contribution in [0, 0.1) is 22.9 Å². The Morgan fingerprint density at radius 3 is 2.54 bits per heavy atom. The zero-order valence-electron chi connectivity index (χ0n) is 14.5. The van der Waals surface area contributed by atoms with Crippen LogP contribution >= 0.6 is 11.8 Å². The van der Waals surface area contributed by atoms with Gasteiger partial charge in [0, 0.05) is 4.90 Å². The molecular formula is C18H14FN5O3S. The van der Waals surface area contributed by atoms with Crippen molar-refractivity contribution < 1.29 is 14.1 Å². The van der Waals surface area contributed by atoms with Crippen LogP contribution in [0.1, 0.15) is 15.9 Å². The molecule has 2 aromatic carbocycles. The van der Waals surface area contributed by atoms with Gasteiger partial charge in [0.15, 0.2) is 5.03 Å². The fourth-order valence-electron chi connectivity index (χ4n) is 2.24. The number of amides is 1. The summed E-state index contributed by atoms with van der Waals surface area (Å²) in [4.78, 5) is 31.6. The number of anilines is 1. The third-order valence-corrected chi connectivity index (χ3v) is 4.62. The minimum Gasteiger partial charge on any atom is -0.276 e. The predicted molar refractivity (Wildman–Crippen MR) is 101 cm³/mol. The normalized spacial score (nSPS) is 10.4. The van der Waals surface area contributed by atoms with E-state index < -0.39 is 22.3 Å². The first-order valence-corrected chi connectivity index (χ1v) is 8.82. The molecule has 28 heavy (non-hydrogen) atoms. The van der Waals surface area contributed by atoms with Crippen molar-refractivity contribution in [2.24, 2.45) is 0 Å². The quantitative estimate of drug-likeness (QED) is 0.369.